The summed E-state index contributed by atoms with van der Waals surface area (Å²) in [6.45, 7) is 6.28. The molecule has 0 atom stereocenters. The van der Waals surface area contributed by atoms with E-state index in [0.29, 0.717) is 18.4 Å². The van der Waals surface area contributed by atoms with Gasteiger partial charge in [0.2, 0.25) is 5.95 Å². The highest BCUT2D eigenvalue weighted by Gasteiger charge is 2.23. The third-order valence-corrected chi connectivity index (χ3v) is 7.11. The van der Waals surface area contributed by atoms with E-state index >= 15 is 0 Å². The number of nitrogens with zero attached hydrogens (tertiary/aromatic N) is 4. The van der Waals surface area contributed by atoms with Crippen LogP contribution in [0.1, 0.15) is 42.7 Å². The number of aldehydes is 1. The summed E-state index contributed by atoms with van der Waals surface area (Å²) in [5.74, 6) is 1.09. The molecule has 0 radical (unpaired) electrons. The Kier molecular flexibility index (Phi) is 6.13. The summed E-state index contributed by atoms with van der Waals surface area (Å²) >= 11 is 0. The molecule has 1 aromatic heterocycles. The summed E-state index contributed by atoms with van der Waals surface area (Å²) in [6.07, 6.45) is 7.78. The molecule has 2 fully saturated rings. The normalized spacial score (nSPS) is 17.5. The Morgan fingerprint density at radius 3 is 2.55 bits per heavy atom. The topological polar surface area (TPSA) is 87.4 Å². The van der Waals surface area contributed by atoms with Gasteiger partial charge in [0.05, 0.1) is 12.1 Å². The van der Waals surface area contributed by atoms with Gasteiger partial charge in [0, 0.05) is 60.4 Å². The lowest BCUT2D eigenvalue weighted by atomic mass is 9.92. The maximum Gasteiger partial charge on any atom is 0.227 e. The van der Waals surface area contributed by atoms with Crippen LogP contribution in [0.15, 0.2) is 36.5 Å². The number of nitrogen functional groups attached to an aromatic ring is 1. The third-order valence-electron chi connectivity index (χ3n) is 7.11. The summed E-state index contributed by atoms with van der Waals surface area (Å²) in [6, 6.07) is 10.5. The zero-order valence-corrected chi connectivity index (χ0v) is 19.3. The van der Waals surface area contributed by atoms with Crippen molar-refractivity contribution < 1.29 is 4.79 Å². The van der Waals surface area contributed by atoms with E-state index in [4.69, 9.17) is 10.7 Å². The first-order chi connectivity index (χ1) is 16.1. The number of carbonyl (C=O) groups is 1. The summed E-state index contributed by atoms with van der Waals surface area (Å²) in [5, 5.41) is 4.46. The molecule has 1 aliphatic carbocycles. The van der Waals surface area contributed by atoms with Gasteiger partial charge in [-0.3, -0.25) is 4.90 Å². The van der Waals surface area contributed by atoms with Crippen molar-refractivity contribution in [1.82, 2.24) is 14.9 Å². The van der Waals surface area contributed by atoms with Crippen LogP contribution in [-0.2, 0) is 4.79 Å². The van der Waals surface area contributed by atoms with Gasteiger partial charge in [0.25, 0.3) is 0 Å². The molecule has 1 aliphatic heterocycles. The Labute approximate surface area is 195 Å². The second-order valence-electron chi connectivity index (χ2n) is 9.26. The smallest absolute Gasteiger partial charge is 0.227 e. The maximum absolute atomic E-state index is 10.7. The number of anilines is 4. The van der Waals surface area contributed by atoms with Gasteiger partial charge in [-0.15, -0.1) is 0 Å². The molecule has 0 bridgehead atoms. The summed E-state index contributed by atoms with van der Waals surface area (Å²) < 4.78 is 0. The second kappa shape index (κ2) is 9.35. The highest BCUT2D eigenvalue weighted by Crippen LogP contribution is 2.41. The van der Waals surface area contributed by atoms with Crippen LogP contribution in [0.3, 0.4) is 0 Å². The molecule has 172 valence electrons. The number of rotatable bonds is 6. The molecule has 7 nitrogen and oxygen atoms in total. The minimum atomic E-state index is 0.488. The van der Waals surface area contributed by atoms with Crippen LogP contribution >= 0.6 is 0 Å². The van der Waals surface area contributed by atoms with E-state index in [2.05, 4.69) is 57.4 Å². The molecule has 2 aliphatic rings. The number of piperazine rings is 1. The van der Waals surface area contributed by atoms with Crippen molar-refractivity contribution in [2.24, 2.45) is 0 Å². The molecule has 5 rings (SSSR count). The maximum atomic E-state index is 10.7. The number of benzene rings is 2. The Balaban J connectivity index is 1.35. The van der Waals surface area contributed by atoms with Crippen molar-refractivity contribution in [3.05, 3.63) is 47.7 Å². The molecular formula is C26H32N6O. The lowest BCUT2D eigenvalue weighted by molar-refractivity contribution is -0.108. The van der Waals surface area contributed by atoms with Crippen LogP contribution in [-0.4, -0.2) is 53.9 Å². The van der Waals surface area contributed by atoms with Crippen LogP contribution in [0.25, 0.3) is 10.9 Å². The second-order valence-corrected chi connectivity index (χ2v) is 9.26. The fourth-order valence-corrected chi connectivity index (χ4v) is 5.28. The molecule has 7 heteroatoms. The highest BCUT2D eigenvalue weighted by molar-refractivity contribution is 5.90. The van der Waals surface area contributed by atoms with Crippen molar-refractivity contribution in [2.75, 3.05) is 48.7 Å². The number of aryl methyl sites for hydroxylation is 1. The average Bonchev–Trinajstić information content (AvgIpc) is 3.35. The molecule has 0 amide bonds. The summed E-state index contributed by atoms with van der Waals surface area (Å²) in [5.41, 5.74) is 12.8. The van der Waals surface area contributed by atoms with Gasteiger partial charge < -0.3 is 20.7 Å². The van der Waals surface area contributed by atoms with E-state index < -0.39 is 0 Å². The highest BCUT2D eigenvalue weighted by atomic mass is 16.1. The Hall–Kier alpha value is -3.19. The summed E-state index contributed by atoms with van der Waals surface area (Å²) in [4.78, 5) is 24.8. The number of nitrogens with one attached hydrogen (secondary N) is 1. The molecule has 0 unspecified atom stereocenters. The van der Waals surface area contributed by atoms with Crippen LogP contribution in [0.4, 0.5) is 23.0 Å². The Morgan fingerprint density at radius 2 is 1.85 bits per heavy atom. The number of hydrogen-bond acceptors (Lipinski definition) is 7. The lowest BCUT2D eigenvalue weighted by Crippen LogP contribution is -2.46. The largest absolute Gasteiger partial charge is 0.398 e. The van der Waals surface area contributed by atoms with Crippen molar-refractivity contribution in [2.45, 2.75) is 38.5 Å². The van der Waals surface area contributed by atoms with Crippen molar-refractivity contribution in [1.29, 1.82) is 0 Å². The van der Waals surface area contributed by atoms with Crippen molar-refractivity contribution >= 4 is 40.2 Å². The van der Waals surface area contributed by atoms with Gasteiger partial charge >= 0.3 is 0 Å². The van der Waals surface area contributed by atoms with Crippen molar-refractivity contribution in [3.8, 4) is 0 Å². The van der Waals surface area contributed by atoms with E-state index in [0.717, 1.165) is 60.3 Å². The monoisotopic (exact) mass is 444 g/mol. The fourth-order valence-electron chi connectivity index (χ4n) is 5.28. The number of nitrogens with two attached hydrogens (primary N) is 1. The van der Waals surface area contributed by atoms with Crippen LogP contribution in [0, 0.1) is 6.92 Å². The molecule has 33 heavy (non-hydrogen) atoms. The van der Waals surface area contributed by atoms with Crippen LogP contribution < -0.4 is 16.0 Å². The quantitative estimate of drug-likeness (QED) is 0.434. The predicted molar refractivity (Wildman–Crippen MR) is 134 cm³/mol. The molecule has 3 N–H and O–H groups in total. The van der Waals surface area contributed by atoms with E-state index in [9.17, 15) is 4.79 Å². The molecular weight excluding hydrogens is 412 g/mol. The van der Waals surface area contributed by atoms with Gasteiger partial charge in [0.1, 0.15) is 6.29 Å². The van der Waals surface area contributed by atoms with Gasteiger partial charge in [-0.05, 0) is 61.6 Å². The third kappa shape index (κ3) is 4.50. The molecule has 3 aromatic rings. The SMILES string of the molecule is Cc1cc(N)c(C2CCCC2)c2nc(Nc3ccc(N4CCN(CC=O)CC4)cc3)ncc12. The number of hydrogen-bond donors (Lipinski definition) is 2. The van der Waals surface area contributed by atoms with Gasteiger partial charge in [-0.1, -0.05) is 12.8 Å². The number of fused-ring (bicyclic) bond motifs is 1. The first-order valence-corrected chi connectivity index (χ1v) is 12.0. The first kappa shape index (κ1) is 21.6. The van der Waals surface area contributed by atoms with E-state index in [1.54, 1.807) is 0 Å². The first-order valence-electron chi connectivity index (χ1n) is 12.0. The zero-order valence-electron chi connectivity index (χ0n) is 19.3. The number of carbonyl (C=O) groups excluding carboxylic acids is 1. The van der Waals surface area contributed by atoms with Crippen LogP contribution in [0.5, 0.6) is 0 Å². The lowest BCUT2D eigenvalue weighted by Gasteiger charge is -2.35. The number of aromatic nitrogens is 2. The van der Waals surface area contributed by atoms with Gasteiger partial charge in [-0.2, -0.15) is 0 Å². The molecule has 2 heterocycles. The molecule has 1 saturated heterocycles. The molecule has 0 spiro atoms. The zero-order chi connectivity index (χ0) is 22.8. The van der Waals surface area contributed by atoms with E-state index in [1.807, 2.05) is 6.20 Å². The standard InChI is InChI=1S/C26H32N6O/c1-18-16-23(27)24(19-4-2-3-5-19)25-22(18)17-28-26(30-25)29-20-6-8-21(9-7-20)32-12-10-31(11-13-32)14-15-33/h6-9,15-17,19H,2-5,10-14,27H2,1H3,(H,28,29,30). The Morgan fingerprint density at radius 1 is 1.12 bits per heavy atom. The van der Waals surface area contributed by atoms with Crippen molar-refractivity contribution in [3.63, 3.8) is 0 Å². The minimum absolute atomic E-state index is 0.488. The minimum Gasteiger partial charge on any atom is -0.398 e. The summed E-state index contributed by atoms with van der Waals surface area (Å²) in [7, 11) is 0. The van der Waals surface area contributed by atoms with E-state index in [-0.39, 0.29) is 0 Å². The molecule has 2 aromatic carbocycles. The van der Waals surface area contributed by atoms with Gasteiger partial charge in [0.15, 0.2) is 0 Å². The fraction of sp³-hybridized carbons (Fsp3) is 0.423. The van der Waals surface area contributed by atoms with Crippen LogP contribution in [0.2, 0.25) is 0 Å². The van der Waals surface area contributed by atoms with Gasteiger partial charge in [-0.25, -0.2) is 9.97 Å². The average molecular weight is 445 g/mol. The molecule has 1 saturated carbocycles. The van der Waals surface area contributed by atoms with E-state index in [1.165, 1.54) is 36.9 Å². The Bertz CT molecular complexity index is 1130. The predicted octanol–water partition coefficient (Wildman–Crippen LogP) is 4.24.